The van der Waals surface area contributed by atoms with Gasteiger partial charge in [0.15, 0.2) is 5.78 Å². The highest BCUT2D eigenvalue weighted by atomic mass is 16.5. The van der Waals surface area contributed by atoms with Crippen molar-refractivity contribution in [2.45, 2.75) is 58.3 Å². The number of carbonyl (C=O) groups is 1. The first-order valence-electron chi connectivity index (χ1n) is 5.95. The molecule has 17 heavy (non-hydrogen) atoms. The molecule has 2 N–H and O–H groups in total. The zero-order valence-corrected chi connectivity index (χ0v) is 10.8. The van der Waals surface area contributed by atoms with Crippen molar-refractivity contribution in [3.63, 3.8) is 0 Å². The van der Waals surface area contributed by atoms with Crippen LogP contribution in [0, 0.1) is 5.41 Å². The molecule has 1 heterocycles. The van der Waals surface area contributed by atoms with E-state index in [4.69, 9.17) is 4.74 Å². The first-order valence-corrected chi connectivity index (χ1v) is 5.95. The summed E-state index contributed by atoms with van der Waals surface area (Å²) < 4.78 is 5.72. The maximum atomic E-state index is 12.0. The minimum atomic E-state index is -1.13. The van der Waals surface area contributed by atoms with E-state index in [1.165, 1.54) is 0 Å². The molecule has 4 heteroatoms. The number of ether oxygens (including phenoxy) is 1. The Balaban J connectivity index is 2.45. The number of rotatable bonds is 0. The summed E-state index contributed by atoms with van der Waals surface area (Å²) >= 11 is 0. The smallest absolute Gasteiger partial charge is 0.165 e. The molecular formula is C13H20O4. The predicted octanol–water partition coefficient (Wildman–Crippen LogP) is 1.16. The van der Waals surface area contributed by atoms with E-state index in [0.29, 0.717) is 18.6 Å². The van der Waals surface area contributed by atoms with Gasteiger partial charge in [-0.3, -0.25) is 4.79 Å². The van der Waals surface area contributed by atoms with Crippen LogP contribution in [0.2, 0.25) is 0 Å². The van der Waals surface area contributed by atoms with Gasteiger partial charge in [-0.15, -0.1) is 0 Å². The Labute approximate surface area is 101 Å². The zero-order valence-electron chi connectivity index (χ0n) is 10.8. The lowest BCUT2D eigenvalue weighted by molar-refractivity contribution is -0.146. The molecule has 4 nitrogen and oxygen atoms in total. The number of ketones is 1. The second kappa shape index (κ2) is 3.56. The van der Waals surface area contributed by atoms with E-state index in [2.05, 4.69) is 0 Å². The summed E-state index contributed by atoms with van der Waals surface area (Å²) in [5.41, 5.74) is -0.726. The van der Waals surface area contributed by atoms with Crippen LogP contribution in [0.5, 0.6) is 0 Å². The molecule has 2 rings (SSSR count). The lowest BCUT2D eigenvalue weighted by Gasteiger charge is -2.45. The van der Waals surface area contributed by atoms with E-state index < -0.39 is 17.8 Å². The standard InChI is InChI=1S/C13H20O4/c1-12(2)5-7(14)9-8(6-12)17-13(3,4)11(16)10(9)15/h10-11,15-16H,5-6H2,1-4H3/t10-,11-/m0/s1. The monoisotopic (exact) mass is 240 g/mol. The number of aliphatic hydroxyl groups is 2. The number of allylic oxidation sites excluding steroid dienone is 1. The fraction of sp³-hybridized carbons (Fsp3) is 0.769. The van der Waals surface area contributed by atoms with Gasteiger partial charge in [0.25, 0.3) is 0 Å². The van der Waals surface area contributed by atoms with Gasteiger partial charge in [-0.2, -0.15) is 0 Å². The first-order chi connectivity index (χ1) is 7.64. The van der Waals surface area contributed by atoms with Gasteiger partial charge < -0.3 is 14.9 Å². The molecule has 0 spiro atoms. The number of hydrogen-bond acceptors (Lipinski definition) is 4. The number of Topliss-reactive ketones (excluding diaryl/α,β-unsaturated/α-hetero) is 1. The van der Waals surface area contributed by atoms with E-state index in [-0.39, 0.29) is 16.8 Å². The topological polar surface area (TPSA) is 66.8 Å². The van der Waals surface area contributed by atoms with Crippen LogP contribution < -0.4 is 0 Å². The second-order valence-corrected chi connectivity index (χ2v) is 6.37. The van der Waals surface area contributed by atoms with Crippen LogP contribution >= 0.6 is 0 Å². The summed E-state index contributed by atoms with van der Waals surface area (Å²) in [5, 5.41) is 20.0. The third kappa shape index (κ3) is 2.00. The molecule has 96 valence electrons. The summed E-state index contributed by atoms with van der Waals surface area (Å²) in [6.45, 7) is 7.44. The van der Waals surface area contributed by atoms with Gasteiger partial charge in [-0.25, -0.2) is 0 Å². The third-order valence-corrected chi connectivity index (χ3v) is 3.57. The maximum absolute atomic E-state index is 12.0. The lowest BCUT2D eigenvalue weighted by atomic mass is 9.72. The second-order valence-electron chi connectivity index (χ2n) is 6.37. The van der Waals surface area contributed by atoms with Gasteiger partial charge in [0.1, 0.15) is 23.6 Å². The Morgan fingerprint density at radius 3 is 2.35 bits per heavy atom. The van der Waals surface area contributed by atoms with Gasteiger partial charge in [0.05, 0.1) is 5.57 Å². The van der Waals surface area contributed by atoms with Crippen LogP contribution in [0.15, 0.2) is 11.3 Å². The van der Waals surface area contributed by atoms with Crippen molar-refractivity contribution in [1.29, 1.82) is 0 Å². The number of aliphatic hydroxyl groups excluding tert-OH is 2. The molecule has 0 saturated heterocycles. The minimum absolute atomic E-state index is 0.113. The molecule has 0 bridgehead atoms. The van der Waals surface area contributed by atoms with Crippen LogP contribution in [-0.4, -0.2) is 33.8 Å². The summed E-state index contributed by atoms with van der Waals surface area (Å²) in [4.78, 5) is 12.0. The minimum Gasteiger partial charge on any atom is -0.489 e. The highest BCUT2D eigenvalue weighted by Gasteiger charge is 2.48. The molecule has 0 saturated carbocycles. The molecule has 0 aromatic rings. The average molecular weight is 240 g/mol. The first kappa shape index (κ1) is 12.6. The Morgan fingerprint density at radius 1 is 1.18 bits per heavy atom. The molecule has 0 fully saturated rings. The third-order valence-electron chi connectivity index (χ3n) is 3.57. The maximum Gasteiger partial charge on any atom is 0.165 e. The molecule has 2 atom stereocenters. The molecule has 0 aromatic heterocycles. The molecule has 1 aliphatic heterocycles. The van der Waals surface area contributed by atoms with Crippen LogP contribution in [0.3, 0.4) is 0 Å². The Bertz CT molecular complexity index is 392. The molecule has 1 aliphatic carbocycles. The Hall–Kier alpha value is -0.870. The highest BCUT2D eigenvalue weighted by molar-refractivity contribution is 5.98. The van der Waals surface area contributed by atoms with Crippen molar-refractivity contribution in [3.8, 4) is 0 Å². The van der Waals surface area contributed by atoms with E-state index in [0.717, 1.165) is 0 Å². The van der Waals surface area contributed by atoms with Gasteiger partial charge in [-0.05, 0) is 19.3 Å². The highest BCUT2D eigenvalue weighted by Crippen LogP contribution is 2.44. The van der Waals surface area contributed by atoms with Crippen molar-refractivity contribution in [2.24, 2.45) is 5.41 Å². The quantitative estimate of drug-likeness (QED) is 0.667. The number of hydrogen-bond donors (Lipinski definition) is 2. The van der Waals surface area contributed by atoms with Crippen LogP contribution in [-0.2, 0) is 9.53 Å². The predicted molar refractivity (Wildman–Crippen MR) is 62.2 cm³/mol. The fourth-order valence-corrected chi connectivity index (χ4v) is 2.61. The SMILES string of the molecule is CC1(C)CC(=O)C2=C(C1)OC(C)(C)[C@@H](O)[C@H]2O. The van der Waals surface area contributed by atoms with Gasteiger partial charge in [-0.1, -0.05) is 13.8 Å². The van der Waals surface area contributed by atoms with Crippen molar-refractivity contribution >= 4 is 5.78 Å². The van der Waals surface area contributed by atoms with Gasteiger partial charge in [0, 0.05) is 12.8 Å². The lowest BCUT2D eigenvalue weighted by Crippen LogP contribution is -2.53. The van der Waals surface area contributed by atoms with E-state index >= 15 is 0 Å². The summed E-state index contributed by atoms with van der Waals surface area (Å²) in [6.07, 6.45) is -1.18. The summed E-state index contributed by atoms with van der Waals surface area (Å²) in [7, 11) is 0. The van der Waals surface area contributed by atoms with Crippen LogP contribution in [0.4, 0.5) is 0 Å². The van der Waals surface area contributed by atoms with Crippen molar-refractivity contribution in [1.82, 2.24) is 0 Å². The normalized spacial score (nSPS) is 35.3. The van der Waals surface area contributed by atoms with Crippen molar-refractivity contribution in [2.75, 3.05) is 0 Å². The average Bonchev–Trinajstić information content (AvgIpc) is 2.10. The molecule has 0 amide bonds. The van der Waals surface area contributed by atoms with Crippen molar-refractivity contribution in [3.05, 3.63) is 11.3 Å². The van der Waals surface area contributed by atoms with Crippen LogP contribution in [0.1, 0.15) is 40.5 Å². The molecule has 0 aromatic carbocycles. The van der Waals surface area contributed by atoms with Crippen molar-refractivity contribution < 1.29 is 19.7 Å². The summed E-state index contributed by atoms with van der Waals surface area (Å²) in [6, 6.07) is 0. The molecule has 2 aliphatic rings. The van der Waals surface area contributed by atoms with E-state index in [1.54, 1.807) is 13.8 Å². The molecule has 0 unspecified atom stereocenters. The van der Waals surface area contributed by atoms with E-state index in [9.17, 15) is 15.0 Å². The molecular weight excluding hydrogens is 220 g/mol. The number of carbonyl (C=O) groups excluding carboxylic acids is 1. The Kier molecular flexibility index (Phi) is 2.64. The van der Waals surface area contributed by atoms with E-state index in [1.807, 2.05) is 13.8 Å². The molecule has 0 radical (unpaired) electrons. The zero-order chi connectivity index (χ0) is 13.0. The summed E-state index contributed by atoms with van der Waals surface area (Å²) in [5.74, 6) is 0.437. The van der Waals surface area contributed by atoms with Gasteiger partial charge >= 0.3 is 0 Å². The van der Waals surface area contributed by atoms with Crippen LogP contribution in [0.25, 0.3) is 0 Å². The van der Waals surface area contributed by atoms with Gasteiger partial charge in [0.2, 0.25) is 0 Å². The Morgan fingerprint density at radius 2 is 1.76 bits per heavy atom. The fourth-order valence-electron chi connectivity index (χ4n) is 2.61. The largest absolute Gasteiger partial charge is 0.489 e.